The minimum absolute atomic E-state index is 0.0391. The molecule has 0 aromatic carbocycles. The van der Waals surface area contributed by atoms with Crippen molar-refractivity contribution in [2.75, 3.05) is 19.6 Å². The van der Waals surface area contributed by atoms with E-state index in [4.69, 9.17) is 4.42 Å². The molecule has 1 saturated heterocycles. The van der Waals surface area contributed by atoms with Gasteiger partial charge in [0.05, 0.1) is 6.04 Å². The molecule has 0 bridgehead atoms. The zero-order valence-corrected chi connectivity index (χ0v) is 13.9. The predicted octanol–water partition coefficient (Wildman–Crippen LogP) is 2.39. The van der Waals surface area contributed by atoms with Crippen LogP contribution in [-0.2, 0) is 4.79 Å². The summed E-state index contributed by atoms with van der Waals surface area (Å²) < 4.78 is 34.0. The molecule has 134 valence electrons. The zero-order chi connectivity index (χ0) is 17.4. The fourth-order valence-electron chi connectivity index (χ4n) is 3.43. The Morgan fingerprint density at radius 3 is 2.54 bits per heavy atom. The average Bonchev–Trinajstić information content (AvgIpc) is 3.17. The molecule has 0 spiro atoms. The molecular weight excluding hydrogens is 318 g/mol. The molecule has 2 N–H and O–H groups in total. The van der Waals surface area contributed by atoms with Crippen LogP contribution < -0.4 is 5.32 Å². The Morgan fingerprint density at radius 1 is 1.38 bits per heavy atom. The fraction of sp³-hybridized carbons (Fsp3) is 0.706. The van der Waals surface area contributed by atoms with Crippen LogP contribution in [0.3, 0.4) is 0 Å². The van der Waals surface area contributed by atoms with Crippen molar-refractivity contribution in [1.29, 1.82) is 0 Å². The largest absolute Gasteiger partial charge is 0.465 e. The second kappa shape index (κ2) is 6.44. The zero-order valence-electron chi connectivity index (χ0n) is 13.9. The van der Waals surface area contributed by atoms with Crippen molar-refractivity contribution in [3.63, 3.8) is 0 Å². The summed E-state index contributed by atoms with van der Waals surface area (Å²) in [6, 6.07) is 3.38. The third-order valence-electron chi connectivity index (χ3n) is 5.18. The van der Waals surface area contributed by atoms with E-state index in [0.717, 1.165) is 31.7 Å². The highest BCUT2D eigenvalue weighted by molar-refractivity contribution is 5.85. The minimum atomic E-state index is -3.76. The Balaban J connectivity index is 1.68. The Kier molecular flexibility index (Phi) is 4.66. The number of furan rings is 1. The second-order valence-corrected chi connectivity index (χ2v) is 6.88. The Hall–Kier alpha value is -1.47. The normalized spacial score (nSPS) is 22.2. The van der Waals surface area contributed by atoms with Crippen molar-refractivity contribution in [2.45, 2.75) is 56.6 Å². The van der Waals surface area contributed by atoms with Crippen LogP contribution in [-0.4, -0.2) is 47.1 Å². The lowest BCUT2D eigenvalue weighted by molar-refractivity contribution is -0.216. The molecular formula is C17H24F2N2O3. The van der Waals surface area contributed by atoms with Crippen LogP contribution in [0.15, 0.2) is 16.5 Å². The van der Waals surface area contributed by atoms with Crippen molar-refractivity contribution >= 4 is 5.91 Å². The smallest absolute Gasteiger partial charge is 0.352 e. The Morgan fingerprint density at radius 2 is 2.04 bits per heavy atom. The number of alkyl halides is 2. The maximum Gasteiger partial charge on any atom is 0.352 e. The van der Waals surface area contributed by atoms with Gasteiger partial charge >= 0.3 is 5.92 Å². The summed E-state index contributed by atoms with van der Waals surface area (Å²) in [4.78, 5) is 14.1. The third kappa shape index (κ3) is 3.07. The van der Waals surface area contributed by atoms with Crippen molar-refractivity contribution in [2.24, 2.45) is 0 Å². The molecule has 2 aliphatic rings. The lowest BCUT2D eigenvalue weighted by Crippen LogP contribution is -2.61. The molecule has 5 nitrogen and oxygen atoms in total. The van der Waals surface area contributed by atoms with Crippen molar-refractivity contribution in [3.8, 4) is 0 Å². The number of nitrogens with zero attached hydrogens (tertiary/aromatic N) is 1. The molecule has 2 fully saturated rings. The van der Waals surface area contributed by atoms with Gasteiger partial charge in [0, 0.05) is 6.54 Å². The lowest BCUT2D eigenvalue weighted by Gasteiger charge is -2.41. The van der Waals surface area contributed by atoms with Crippen LogP contribution in [0.5, 0.6) is 0 Å². The van der Waals surface area contributed by atoms with Gasteiger partial charge in [0.1, 0.15) is 17.1 Å². The molecule has 2 heterocycles. The summed E-state index contributed by atoms with van der Waals surface area (Å²) in [6.07, 6.45) is 2.52. The fourth-order valence-corrected chi connectivity index (χ4v) is 3.43. The molecule has 3 rings (SSSR count). The number of amides is 1. The minimum Gasteiger partial charge on any atom is -0.465 e. The number of nitrogens with one attached hydrogen (secondary N) is 1. The standard InChI is InChI=1S/C17H24F2N2O3/c1-12-5-6-14(24-12)13(21-9-2-3-10-21)11-20-15(22)17(18,19)16(23)7-4-8-16/h5-6,13,23H,2-4,7-11H2,1H3,(H,20,22). The highest BCUT2D eigenvalue weighted by Gasteiger charge is 2.61. The third-order valence-corrected chi connectivity index (χ3v) is 5.18. The van der Waals surface area contributed by atoms with Gasteiger partial charge in [0.2, 0.25) is 0 Å². The molecule has 1 atom stereocenters. The Bertz CT molecular complexity index is 592. The number of carbonyl (C=O) groups excluding carboxylic acids is 1. The quantitative estimate of drug-likeness (QED) is 0.833. The number of aryl methyl sites for hydroxylation is 1. The SMILES string of the molecule is Cc1ccc(C(CNC(=O)C(F)(F)C2(O)CCC2)N2CCCC2)o1. The predicted molar refractivity (Wildman–Crippen MR) is 83.8 cm³/mol. The van der Waals surface area contributed by atoms with E-state index in [0.29, 0.717) is 12.2 Å². The molecule has 1 aromatic heterocycles. The topological polar surface area (TPSA) is 65.7 Å². The van der Waals surface area contributed by atoms with Gasteiger partial charge in [0.15, 0.2) is 0 Å². The van der Waals surface area contributed by atoms with Crippen molar-refractivity contribution in [3.05, 3.63) is 23.7 Å². The van der Waals surface area contributed by atoms with Crippen LogP contribution in [0.2, 0.25) is 0 Å². The van der Waals surface area contributed by atoms with E-state index in [1.807, 2.05) is 19.1 Å². The van der Waals surface area contributed by atoms with Gasteiger partial charge in [-0.05, 0) is 64.3 Å². The van der Waals surface area contributed by atoms with Gasteiger partial charge < -0.3 is 14.8 Å². The number of hydrogen-bond donors (Lipinski definition) is 2. The van der Waals surface area contributed by atoms with Gasteiger partial charge in [-0.25, -0.2) is 0 Å². The molecule has 1 aliphatic heterocycles. The molecule has 7 heteroatoms. The lowest BCUT2D eigenvalue weighted by atomic mass is 9.75. The van der Waals surface area contributed by atoms with Gasteiger partial charge in [-0.1, -0.05) is 0 Å². The van der Waals surface area contributed by atoms with E-state index < -0.39 is 17.4 Å². The summed E-state index contributed by atoms with van der Waals surface area (Å²) in [6.45, 7) is 3.56. The second-order valence-electron chi connectivity index (χ2n) is 6.88. The number of aliphatic hydroxyl groups is 1. The number of hydrogen-bond acceptors (Lipinski definition) is 4. The first-order valence-electron chi connectivity index (χ1n) is 8.52. The summed E-state index contributed by atoms with van der Waals surface area (Å²) in [5.74, 6) is -3.76. The summed E-state index contributed by atoms with van der Waals surface area (Å²) in [5, 5.41) is 12.2. The van der Waals surface area contributed by atoms with Gasteiger partial charge in [-0.2, -0.15) is 8.78 Å². The molecule has 1 unspecified atom stereocenters. The van der Waals surface area contributed by atoms with Crippen LogP contribution in [0, 0.1) is 6.92 Å². The number of carbonyl (C=O) groups is 1. The average molecular weight is 342 g/mol. The maximum absolute atomic E-state index is 14.2. The highest BCUT2D eigenvalue weighted by Crippen LogP contribution is 2.44. The van der Waals surface area contributed by atoms with Crippen molar-refractivity contribution in [1.82, 2.24) is 10.2 Å². The van der Waals surface area contributed by atoms with Crippen molar-refractivity contribution < 1.29 is 23.1 Å². The first kappa shape index (κ1) is 17.4. The van der Waals surface area contributed by atoms with Gasteiger partial charge in [-0.15, -0.1) is 0 Å². The number of likely N-dealkylation sites (tertiary alicyclic amines) is 1. The first-order valence-corrected chi connectivity index (χ1v) is 8.52. The highest BCUT2D eigenvalue weighted by atomic mass is 19.3. The molecule has 1 aliphatic carbocycles. The van der Waals surface area contributed by atoms with E-state index in [9.17, 15) is 18.7 Å². The number of halogens is 2. The molecule has 1 amide bonds. The van der Waals surface area contributed by atoms with E-state index in [-0.39, 0.29) is 25.4 Å². The molecule has 1 aromatic rings. The van der Waals surface area contributed by atoms with E-state index >= 15 is 0 Å². The monoisotopic (exact) mass is 342 g/mol. The van der Waals surface area contributed by atoms with Crippen LogP contribution >= 0.6 is 0 Å². The van der Waals surface area contributed by atoms with Crippen LogP contribution in [0.1, 0.15) is 49.7 Å². The molecule has 0 radical (unpaired) electrons. The number of rotatable bonds is 6. The van der Waals surface area contributed by atoms with E-state index in [2.05, 4.69) is 10.2 Å². The first-order chi connectivity index (χ1) is 11.3. The van der Waals surface area contributed by atoms with Gasteiger partial charge in [-0.3, -0.25) is 9.69 Å². The Labute approximate surface area is 140 Å². The van der Waals surface area contributed by atoms with E-state index in [1.165, 1.54) is 0 Å². The summed E-state index contributed by atoms with van der Waals surface area (Å²) >= 11 is 0. The summed E-state index contributed by atoms with van der Waals surface area (Å²) in [5.41, 5.74) is -2.19. The van der Waals surface area contributed by atoms with Crippen LogP contribution in [0.4, 0.5) is 8.78 Å². The molecule has 1 saturated carbocycles. The van der Waals surface area contributed by atoms with Gasteiger partial charge in [0.25, 0.3) is 5.91 Å². The summed E-state index contributed by atoms with van der Waals surface area (Å²) in [7, 11) is 0. The maximum atomic E-state index is 14.2. The molecule has 24 heavy (non-hydrogen) atoms. The van der Waals surface area contributed by atoms with E-state index in [1.54, 1.807) is 0 Å². The van der Waals surface area contributed by atoms with Crippen LogP contribution in [0.25, 0.3) is 0 Å².